The molecule has 7 heteroatoms. The van der Waals surface area contributed by atoms with Crippen LogP contribution in [0.4, 0.5) is 0 Å². The third kappa shape index (κ3) is 5.20. The molecule has 7 nitrogen and oxygen atoms in total. The molecule has 2 atom stereocenters. The summed E-state index contributed by atoms with van der Waals surface area (Å²) >= 11 is 0. The zero-order chi connectivity index (χ0) is 18.3. The number of aliphatic hydroxyl groups is 1. The van der Waals surface area contributed by atoms with E-state index in [4.69, 9.17) is 4.74 Å². The number of rotatable bonds is 6. The molecule has 0 aliphatic carbocycles. The first-order valence-corrected chi connectivity index (χ1v) is 7.34. The minimum atomic E-state index is -1.03. The number of aliphatic hydroxyl groups excluding tert-OH is 1. The van der Waals surface area contributed by atoms with Crippen LogP contribution in [0.5, 0.6) is 0 Å². The second-order valence-corrected chi connectivity index (χ2v) is 5.16. The maximum absolute atomic E-state index is 12.2. The maximum atomic E-state index is 12.2. The fourth-order valence-electron chi connectivity index (χ4n) is 1.75. The van der Waals surface area contributed by atoms with Crippen LogP contribution in [0, 0.1) is 0 Å². The first-order valence-electron chi connectivity index (χ1n) is 7.34. The van der Waals surface area contributed by atoms with Gasteiger partial charge in [-0.15, -0.1) is 0 Å². The molecule has 0 spiro atoms. The molecule has 0 bridgehead atoms. The number of hydrogen-bond donors (Lipinski definition) is 1. The van der Waals surface area contributed by atoms with Gasteiger partial charge >= 0.3 is 17.9 Å². The quantitative estimate of drug-likeness (QED) is 0.368. The van der Waals surface area contributed by atoms with E-state index >= 15 is 0 Å². The average Bonchev–Trinajstić information content (AvgIpc) is 2.56. The van der Waals surface area contributed by atoms with Gasteiger partial charge in [0.25, 0.3) is 0 Å². The molecule has 0 saturated carbocycles. The average molecular weight is 336 g/mol. The zero-order valence-electron chi connectivity index (χ0n) is 13.8. The van der Waals surface area contributed by atoms with Crippen molar-refractivity contribution >= 4 is 17.9 Å². The van der Waals surface area contributed by atoms with Crippen LogP contribution < -0.4 is 0 Å². The van der Waals surface area contributed by atoms with Crippen molar-refractivity contribution in [2.75, 3.05) is 0 Å². The number of carbonyl (C=O) groups is 3. The monoisotopic (exact) mass is 336 g/mol. The predicted octanol–water partition coefficient (Wildman–Crippen LogP) is 2.19. The summed E-state index contributed by atoms with van der Waals surface area (Å²) in [5.41, 5.74) is -0.136. The summed E-state index contributed by atoms with van der Waals surface area (Å²) in [5.74, 6) is -2.72. The van der Waals surface area contributed by atoms with Gasteiger partial charge in [-0.3, -0.25) is 0 Å². The molecule has 0 aromatic heterocycles. The number of ether oxygens (including phenoxy) is 1. The lowest BCUT2D eigenvalue weighted by Crippen LogP contribution is -2.29. The van der Waals surface area contributed by atoms with E-state index in [0.29, 0.717) is 6.42 Å². The fourth-order valence-corrected chi connectivity index (χ4v) is 1.75. The van der Waals surface area contributed by atoms with Crippen LogP contribution >= 0.6 is 0 Å². The highest BCUT2D eigenvalue weighted by Gasteiger charge is 2.24. The van der Waals surface area contributed by atoms with Gasteiger partial charge < -0.3 is 9.84 Å². The van der Waals surface area contributed by atoms with Gasteiger partial charge in [0.2, 0.25) is 0 Å². The van der Waals surface area contributed by atoms with Crippen LogP contribution in [0.2, 0.25) is 0 Å². The lowest BCUT2D eigenvalue weighted by Gasteiger charge is -2.19. The van der Waals surface area contributed by atoms with Gasteiger partial charge in [-0.25, -0.2) is 24.2 Å². The molecule has 0 heterocycles. The Bertz CT molecular complexity index is 634. The zero-order valence-corrected chi connectivity index (χ0v) is 13.8. The highest BCUT2D eigenvalue weighted by Crippen LogP contribution is 2.15. The van der Waals surface area contributed by atoms with E-state index < -0.39 is 30.1 Å². The van der Waals surface area contributed by atoms with Crippen LogP contribution in [0.3, 0.4) is 0 Å². The fraction of sp³-hybridized carbons (Fsp3) is 0.353. The summed E-state index contributed by atoms with van der Waals surface area (Å²) < 4.78 is 5.18. The van der Waals surface area contributed by atoms with Gasteiger partial charge in [0, 0.05) is 5.57 Å². The van der Waals surface area contributed by atoms with Crippen LogP contribution in [0.15, 0.2) is 36.4 Å². The largest absolute Gasteiger partial charge is 0.456 e. The topological polar surface area (TPSA) is 99.1 Å². The molecule has 0 aliphatic rings. The maximum Gasteiger partial charge on any atom is 0.387 e. The number of benzene rings is 1. The first kappa shape index (κ1) is 19.4. The van der Waals surface area contributed by atoms with Gasteiger partial charge in [-0.2, -0.15) is 0 Å². The summed E-state index contributed by atoms with van der Waals surface area (Å²) in [6.45, 7) is 7.99. The highest BCUT2D eigenvalue weighted by atomic mass is 17.2. The molecular weight excluding hydrogens is 316 g/mol. The summed E-state index contributed by atoms with van der Waals surface area (Å²) in [6, 6.07) is 5.75. The lowest BCUT2D eigenvalue weighted by atomic mass is 10.1. The van der Waals surface area contributed by atoms with Crippen LogP contribution in [0.1, 0.15) is 47.9 Å². The first-order chi connectivity index (χ1) is 11.3. The van der Waals surface area contributed by atoms with Crippen molar-refractivity contribution in [3.05, 3.63) is 47.5 Å². The molecule has 1 rings (SSSR count). The highest BCUT2D eigenvalue weighted by molar-refractivity contribution is 6.03. The van der Waals surface area contributed by atoms with Crippen LogP contribution in [-0.2, 0) is 19.3 Å². The molecule has 1 aromatic carbocycles. The van der Waals surface area contributed by atoms with Crippen molar-refractivity contribution in [2.24, 2.45) is 0 Å². The van der Waals surface area contributed by atoms with Crippen molar-refractivity contribution in [1.82, 2.24) is 0 Å². The van der Waals surface area contributed by atoms with Crippen LogP contribution in [0.25, 0.3) is 0 Å². The van der Waals surface area contributed by atoms with E-state index in [1.54, 1.807) is 6.92 Å². The summed E-state index contributed by atoms with van der Waals surface area (Å²) in [5, 5.41) is 9.55. The van der Waals surface area contributed by atoms with E-state index in [2.05, 4.69) is 16.4 Å². The molecule has 24 heavy (non-hydrogen) atoms. The SMILES string of the molecule is C=C(C)C(=O)OOC(=O)c1ccccc1C(=O)OC(CC)C(C)O. The molecule has 0 radical (unpaired) electrons. The van der Waals surface area contributed by atoms with Crippen molar-refractivity contribution in [3.63, 3.8) is 0 Å². The van der Waals surface area contributed by atoms with E-state index in [1.807, 2.05) is 0 Å². The Kier molecular flexibility index (Phi) is 7.13. The van der Waals surface area contributed by atoms with E-state index in [0.717, 1.165) is 0 Å². The molecule has 1 N–H and O–H groups in total. The second kappa shape index (κ2) is 8.83. The Labute approximate surface area is 139 Å². The molecule has 130 valence electrons. The summed E-state index contributed by atoms with van der Waals surface area (Å²) in [6.07, 6.45) is -1.15. The second-order valence-electron chi connectivity index (χ2n) is 5.16. The third-order valence-corrected chi connectivity index (χ3v) is 3.11. The standard InChI is InChI=1S/C17H20O7/c1-5-14(11(4)18)22-16(20)12-8-6-7-9-13(12)17(21)24-23-15(19)10(2)3/h6-9,11,14,18H,2,5H2,1,3-4H3. The van der Waals surface area contributed by atoms with E-state index in [1.165, 1.54) is 38.1 Å². The number of esters is 1. The Balaban J connectivity index is 2.91. The third-order valence-electron chi connectivity index (χ3n) is 3.11. The summed E-state index contributed by atoms with van der Waals surface area (Å²) in [4.78, 5) is 44.2. The lowest BCUT2D eigenvalue weighted by molar-refractivity contribution is -0.229. The Hall–Kier alpha value is -2.67. The molecule has 2 unspecified atom stereocenters. The van der Waals surface area contributed by atoms with Gasteiger partial charge in [-0.1, -0.05) is 25.6 Å². The Morgan fingerprint density at radius 2 is 1.67 bits per heavy atom. The Morgan fingerprint density at radius 3 is 2.12 bits per heavy atom. The van der Waals surface area contributed by atoms with Crippen molar-refractivity contribution in [3.8, 4) is 0 Å². The molecule has 0 fully saturated rings. The number of carbonyl (C=O) groups excluding carboxylic acids is 3. The molecule has 0 aliphatic heterocycles. The molecule has 0 amide bonds. The van der Waals surface area contributed by atoms with Crippen molar-refractivity contribution in [1.29, 1.82) is 0 Å². The molecule has 1 aromatic rings. The minimum absolute atomic E-state index is 0.0539. The van der Waals surface area contributed by atoms with Gasteiger partial charge in [0.05, 0.1) is 17.2 Å². The normalized spacial score (nSPS) is 12.7. The minimum Gasteiger partial charge on any atom is -0.456 e. The van der Waals surface area contributed by atoms with Gasteiger partial charge in [-0.05, 0) is 32.4 Å². The molecule has 0 saturated heterocycles. The molecular formula is C17H20O7. The van der Waals surface area contributed by atoms with E-state index in [9.17, 15) is 19.5 Å². The van der Waals surface area contributed by atoms with Crippen LogP contribution in [-0.4, -0.2) is 35.2 Å². The van der Waals surface area contributed by atoms with E-state index in [-0.39, 0.29) is 16.7 Å². The Morgan fingerprint density at radius 1 is 1.12 bits per heavy atom. The smallest absolute Gasteiger partial charge is 0.387 e. The van der Waals surface area contributed by atoms with Crippen molar-refractivity contribution < 1.29 is 34.0 Å². The number of hydrogen-bond acceptors (Lipinski definition) is 7. The van der Waals surface area contributed by atoms with Gasteiger partial charge in [0.1, 0.15) is 6.10 Å². The predicted molar refractivity (Wildman–Crippen MR) is 83.9 cm³/mol. The van der Waals surface area contributed by atoms with Crippen molar-refractivity contribution in [2.45, 2.75) is 39.4 Å². The summed E-state index contributed by atoms with van der Waals surface area (Å²) in [7, 11) is 0. The van der Waals surface area contributed by atoms with Gasteiger partial charge in [0.15, 0.2) is 0 Å².